The summed E-state index contributed by atoms with van der Waals surface area (Å²) in [7, 11) is 0. The molecular weight excluding hydrogens is 188 g/mol. The van der Waals surface area contributed by atoms with E-state index < -0.39 is 6.43 Å². The van der Waals surface area contributed by atoms with E-state index in [1.54, 1.807) is 0 Å². The summed E-state index contributed by atoms with van der Waals surface area (Å²) in [5.41, 5.74) is 0.578. The Hall–Kier alpha value is -0.480. The van der Waals surface area contributed by atoms with Crippen molar-refractivity contribution in [2.24, 2.45) is 0 Å². The molecule has 2 saturated heterocycles. The summed E-state index contributed by atoms with van der Waals surface area (Å²) in [6.07, 6.45) is 1.30. The summed E-state index contributed by atoms with van der Waals surface area (Å²) in [5.74, 6) is 0. The number of aliphatic hydroxyl groups is 1. The molecule has 0 aliphatic carbocycles. The van der Waals surface area contributed by atoms with Crippen LogP contribution in [0, 0.1) is 0 Å². The highest BCUT2D eigenvalue weighted by Gasteiger charge is 2.45. The second-order valence-electron chi connectivity index (χ2n) is 4.24. The smallest absolute Gasteiger partial charge is 0.257 e. The quantitative estimate of drug-likeness (QED) is 0.686. The van der Waals surface area contributed by atoms with Gasteiger partial charge in [-0.15, -0.1) is 0 Å². The Labute approximate surface area is 82.2 Å². The van der Waals surface area contributed by atoms with Gasteiger partial charge in [0.05, 0.1) is 6.61 Å². The number of alkyl halides is 2. The SMILES string of the molecule is OCC12CCCN1CC(=CC(F)F)C2. The van der Waals surface area contributed by atoms with E-state index in [0.717, 1.165) is 31.0 Å². The minimum Gasteiger partial charge on any atom is -0.394 e. The molecule has 0 aromatic carbocycles. The molecule has 2 fully saturated rings. The van der Waals surface area contributed by atoms with Crippen LogP contribution in [0.4, 0.5) is 8.78 Å². The Morgan fingerprint density at radius 2 is 2.36 bits per heavy atom. The van der Waals surface area contributed by atoms with E-state index in [-0.39, 0.29) is 12.1 Å². The van der Waals surface area contributed by atoms with Gasteiger partial charge >= 0.3 is 0 Å². The van der Waals surface area contributed by atoms with Crippen LogP contribution in [0.3, 0.4) is 0 Å². The molecule has 0 aromatic heterocycles. The number of hydrogen-bond acceptors (Lipinski definition) is 2. The molecule has 80 valence electrons. The molecule has 2 rings (SSSR count). The molecule has 0 amide bonds. The third-order valence-corrected chi connectivity index (χ3v) is 3.35. The molecule has 14 heavy (non-hydrogen) atoms. The van der Waals surface area contributed by atoms with Crippen molar-refractivity contribution in [3.05, 3.63) is 11.6 Å². The second kappa shape index (κ2) is 3.59. The normalized spacial score (nSPS) is 35.9. The van der Waals surface area contributed by atoms with Crippen molar-refractivity contribution < 1.29 is 13.9 Å². The summed E-state index contributed by atoms with van der Waals surface area (Å²) in [6.45, 7) is 1.64. The van der Waals surface area contributed by atoms with Gasteiger partial charge in [0.25, 0.3) is 6.43 Å². The first kappa shape index (κ1) is 10.1. The average molecular weight is 203 g/mol. The van der Waals surface area contributed by atoms with Gasteiger partial charge in [-0.3, -0.25) is 4.90 Å². The summed E-state index contributed by atoms with van der Waals surface area (Å²) in [4.78, 5) is 2.14. The lowest BCUT2D eigenvalue weighted by Crippen LogP contribution is -2.41. The van der Waals surface area contributed by atoms with E-state index in [9.17, 15) is 13.9 Å². The minimum atomic E-state index is -2.36. The number of fused-ring (bicyclic) bond motifs is 1. The van der Waals surface area contributed by atoms with E-state index in [0.29, 0.717) is 13.0 Å². The molecule has 2 nitrogen and oxygen atoms in total. The number of allylic oxidation sites excluding steroid dienone is 1. The van der Waals surface area contributed by atoms with Gasteiger partial charge in [-0.1, -0.05) is 5.57 Å². The van der Waals surface area contributed by atoms with Gasteiger partial charge in [0.15, 0.2) is 0 Å². The minimum absolute atomic E-state index is 0.0909. The first-order valence-corrected chi connectivity index (χ1v) is 5.00. The number of halogens is 2. The zero-order valence-electron chi connectivity index (χ0n) is 8.05. The largest absolute Gasteiger partial charge is 0.394 e. The lowest BCUT2D eigenvalue weighted by molar-refractivity contribution is 0.0999. The molecule has 0 spiro atoms. The van der Waals surface area contributed by atoms with Gasteiger partial charge in [0.2, 0.25) is 0 Å². The molecule has 0 saturated carbocycles. The fraction of sp³-hybridized carbons (Fsp3) is 0.800. The van der Waals surface area contributed by atoms with Crippen molar-refractivity contribution in [2.45, 2.75) is 31.2 Å². The van der Waals surface area contributed by atoms with Crippen LogP contribution in [0.1, 0.15) is 19.3 Å². The van der Waals surface area contributed by atoms with Gasteiger partial charge < -0.3 is 5.11 Å². The molecule has 0 aromatic rings. The lowest BCUT2D eigenvalue weighted by Gasteiger charge is -2.28. The van der Waals surface area contributed by atoms with Crippen molar-refractivity contribution in [2.75, 3.05) is 19.7 Å². The summed E-state index contributed by atoms with van der Waals surface area (Å²) >= 11 is 0. The van der Waals surface area contributed by atoms with Crippen LogP contribution in [-0.2, 0) is 0 Å². The molecule has 1 unspecified atom stereocenters. The molecule has 1 atom stereocenters. The first-order valence-electron chi connectivity index (χ1n) is 5.00. The van der Waals surface area contributed by atoms with Crippen LogP contribution < -0.4 is 0 Å². The van der Waals surface area contributed by atoms with Crippen LogP contribution in [0.15, 0.2) is 11.6 Å². The molecule has 4 heteroatoms. The van der Waals surface area contributed by atoms with Crippen LogP contribution in [0.25, 0.3) is 0 Å². The van der Waals surface area contributed by atoms with Crippen molar-refractivity contribution in [1.29, 1.82) is 0 Å². The highest BCUT2D eigenvalue weighted by atomic mass is 19.3. The van der Waals surface area contributed by atoms with Gasteiger partial charge in [-0.25, -0.2) is 8.78 Å². The van der Waals surface area contributed by atoms with E-state index in [4.69, 9.17) is 0 Å². The Bertz CT molecular complexity index is 255. The zero-order chi connectivity index (χ0) is 10.2. The Morgan fingerprint density at radius 3 is 2.93 bits per heavy atom. The predicted molar refractivity (Wildman–Crippen MR) is 49.3 cm³/mol. The Balaban J connectivity index is 2.12. The maximum Gasteiger partial charge on any atom is 0.257 e. The molecule has 1 N–H and O–H groups in total. The maximum absolute atomic E-state index is 12.1. The number of aliphatic hydroxyl groups excluding tert-OH is 1. The Kier molecular flexibility index (Phi) is 2.58. The number of rotatable bonds is 2. The van der Waals surface area contributed by atoms with Crippen LogP contribution in [-0.4, -0.2) is 41.7 Å². The van der Waals surface area contributed by atoms with Gasteiger partial charge in [-0.2, -0.15) is 0 Å². The van der Waals surface area contributed by atoms with Crippen molar-refractivity contribution in [1.82, 2.24) is 4.90 Å². The molecule has 2 aliphatic heterocycles. The monoisotopic (exact) mass is 203 g/mol. The summed E-state index contributed by atoms with van der Waals surface area (Å²) < 4.78 is 24.3. The fourth-order valence-electron chi connectivity index (χ4n) is 2.69. The molecule has 2 aliphatic rings. The van der Waals surface area contributed by atoms with Crippen LogP contribution in [0.5, 0.6) is 0 Å². The molecular formula is C10H15F2NO. The molecule has 0 bridgehead atoms. The number of hydrogen-bond donors (Lipinski definition) is 1. The summed E-state index contributed by atoms with van der Waals surface area (Å²) in [6, 6.07) is 0. The Morgan fingerprint density at radius 1 is 1.57 bits per heavy atom. The van der Waals surface area contributed by atoms with Gasteiger partial charge in [-0.05, 0) is 31.9 Å². The second-order valence-corrected chi connectivity index (χ2v) is 4.24. The van der Waals surface area contributed by atoms with Crippen molar-refractivity contribution >= 4 is 0 Å². The third-order valence-electron chi connectivity index (χ3n) is 3.35. The van der Waals surface area contributed by atoms with E-state index in [1.807, 2.05) is 0 Å². The maximum atomic E-state index is 12.1. The van der Waals surface area contributed by atoms with Crippen molar-refractivity contribution in [3.8, 4) is 0 Å². The van der Waals surface area contributed by atoms with Crippen LogP contribution in [0.2, 0.25) is 0 Å². The van der Waals surface area contributed by atoms with Gasteiger partial charge in [0.1, 0.15) is 0 Å². The highest BCUT2D eigenvalue weighted by molar-refractivity contribution is 5.21. The highest BCUT2D eigenvalue weighted by Crippen LogP contribution is 2.40. The van der Waals surface area contributed by atoms with Crippen molar-refractivity contribution in [3.63, 3.8) is 0 Å². The van der Waals surface area contributed by atoms with Crippen LogP contribution >= 0.6 is 0 Å². The first-order chi connectivity index (χ1) is 6.66. The average Bonchev–Trinajstić information content (AvgIpc) is 2.59. The zero-order valence-corrected chi connectivity index (χ0v) is 8.05. The predicted octanol–water partition coefficient (Wildman–Crippen LogP) is 1.41. The number of nitrogens with zero attached hydrogens (tertiary/aromatic N) is 1. The fourth-order valence-corrected chi connectivity index (χ4v) is 2.69. The van der Waals surface area contributed by atoms with Gasteiger partial charge in [0, 0.05) is 12.1 Å². The lowest BCUT2D eigenvalue weighted by atomic mass is 9.93. The molecule has 0 radical (unpaired) electrons. The topological polar surface area (TPSA) is 23.5 Å². The van der Waals surface area contributed by atoms with E-state index in [1.165, 1.54) is 0 Å². The molecule has 2 heterocycles. The third kappa shape index (κ3) is 1.57. The van der Waals surface area contributed by atoms with E-state index in [2.05, 4.69) is 4.90 Å². The summed E-state index contributed by atoms with van der Waals surface area (Å²) in [5, 5.41) is 9.32. The van der Waals surface area contributed by atoms with E-state index >= 15 is 0 Å². The standard InChI is InChI=1S/C10H15F2NO/c11-9(12)4-8-5-10(7-14)2-1-3-13(10)6-8/h4,9,14H,1-3,5-7H2.